The molecule has 1 fully saturated rings. The van der Waals surface area contributed by atoms with E-state index in [2.05, 4.69) is 10.6 Å². The molecule has 5 nitrogen and oxygen atoms in total. The SMILES string of the molecule is CC(CC(=O)O)c1ccc(NC(=O)C2CCCNC2)cc1. The van der Waals surface area contributed by atoms with Crippen LogP contribution in [0.2, 0.25) is 0 Å². The summed E-state index contributed by atoms with van der Waals surface area (Å²) in [6.07, 6.45) is 2.07. The lowest BCUT2D eigenvalue weighted by Gasteiger charge is -2.22. The molecule has 0 spiro atoms. The average molecular weight is 290 g/mol. The molecule has 114 valence electrons. The van der Waals surface area contributed by atoms with E-state index in [1.807, 2.05) is 31.2 Å². The molecule has 1 heterocycles. The average Bonchev–Trinajstić information content (AvgIpc) is 2.48. The van der Waals surface area contributed by atoms with E-state index in [0.29, 0.717) is 0 Å². The Morgan fingerprint density at radius 2 is 2.10 bits per heavy atom. The van der Waals surface area contributed by atoms with Gasteiger partial charge in [0.25, 0.3) is 0 Å². The number of carboxylic acid groups (broad SMARTS) is 1. The van der Waals surface area contributed by atoms with Crippen LogP contribution in [0.15, 0.2) is 24.3 Å². The quantitative estimate of drug-likeness (QED) is 0.777. The number of carbonyl (C=O) groups is 2. The number of carbonyl (C=O) groups excluding carboxylic acids is 1. The Balaban J connectivity index is 1.92. The highest BCUT2D eigenvalue weighted by Gasteiger charge is 2.20. The first-order chi connectivity index (χ1) is 10.1. The number of benzene rings is 1. The molecule has 2 atom stereocenters. The summed E-state index contributed by atoms with van der Waals surface area (Å²) >= 11 is 0. The third-order valence-electron chi connectivity index (χ3n) is 3.90. The van der Waals surface area contributed by atoms with Crippen LogP contribution in [0.4, 0.5) is 5.69 Å². The van der Waals surface area contributed by atoms with E-state index in [9.17, 15) is 9.59 Å². The number of nitrogens with one attached hydrogen (secondary N) is 2. The first kappa shape index (κ1) is 15.5. The van der Waals surface area contributed by atoms with Crippen molar-refractivity contribution in [2.24, 2.45) is 5.92 Å². The molecule has 1 amide bonds. The fourth-order valence-corrected chi connectivity index (χ4v) is 2.59. The van der Waals surface area contributed by atoms with Gasteiger partial charge in [-0.05, 0) is 43.0 Å². The molecule has 1 aliphatic heterocycles. The molecule has 2 unspecified atom stereocenters. The summed E-state index contributed by atoms with van der Waals surface area (Å²) in [7, 11) is 0. The number of amides is 1. The molecule has 1 aromatic carbocycles. The number of piperidine rings is 1. The summed E-state index contributed by atoms with van der Waals surface area (Å²) in [4.78, 5) is 22.8. The Morgan fingerprint density at radius 1 is 1.38 bits per heavy atom. The molecule has 5 heteroatoms. The number of anilines is 1. The second kappa shape index (κ2) is 7.22. The van der Waals surface area contributed by atoms with Gasteiger partial charge < -0.3 is 15.7 Å². The van der Waals surface area contributed by atoms with E-state index < -0.39 is 5.97 Å². The van der Waals surface area contributed by atoms with E-state index >= 15 is 0 Å². The van der Waals surface area contributed by atoms with Gasteiger partial charge in [-0.15, -0.1) is 0 Å². The Hall–Kier alpha value is -1.88. The largest absolute Gasteiger partial charge is 0.481 e. The van der Waals surface area contributed by atoms with Gasteiger partial charge in [-0.1, -0.05) is 19.1 Å². The van der Waals surface area contributed by atoms with Crippen molar-refractivity contribution in [3.05, 3.63) is 29.8 Å². The lowest BCUT2D eigenvalue weighted by atomic mass is 9.97. The summed E-state index contributed by atoms with van der Waals surface area (Å²) in [5, 5.41) is 15.0. The fourth-order valence-electron chi connectivity index (χ4n) is 2.59. The van der Waals surface area contributed by atoms with Gasteiger partial charge in [-0.3, -0.25) is 9.59 Å². The van der Waals surface area contributed by atoms with Gasteiger partial charge in [0.15, 0.2) is 0 Å². The lowest BCUT2D eigenvalue weighted by molar-refractivity contribution is -0.137. The van der Waals surface area contributed by atoms with Gasteiger partial charge in [0.2, 0.25) is 5.91 Å². The minimum absolute atomic E-state index is 0.0318. The van der Waals surface area contributed by atoms with E-state index in [0.717, 1.165) is 37.2 Å². The van der Waals surface area contributed by atoms with Crippen LogP contribution in [-0.4, -0.2) is 30.1 Å². The standard InChI is InChI=1S/C16H22N2O3/c1-11(9-15(19)20)12-4-6-14(7-5-12)18-16(21)13-3-2-8-17-10-13/h4-7,11,13,17H,2-3,8-10H2,1H3,(H,18,21)(H,19,20). The molecule has 3 N–H and O–H groups in total. The van der Waals surface area contributed by atoms with Crippen molar-refractivity contribution in [1.29, 1.82) is 0 Å². The van der Waals surface area contributed by atoms with Crippen molar-refractivity contribution in [2.75, 3.05) is 18.4 Å². The Bertz CT molecular complexity index is 493. The van der Waals surface area contributed by atoms with Gasteiger partial charge in [-0.25, -0.2) is 0 Å². The molecule has 0 bridgehead atoms. The normalized spacial score (nSPS) is 19.8. The van der Waals surface area contributed by atoms with Crippen LogP contribution in [0.3, 0.4) is 0 Å². The Morgan fingerprint density at radius 3 is 2.67 bits per heavy atom. The van der Waals surface area contributed by atoms with Gasteiger partial charge in [0.1, 0.15) is 0 Å². The number of carboxylic acids is 1. The zero-order chi connectivity index (χ0) is 15.2. The molecule has 1 aliphatic rings. The number of hydrogen-bond acceptors (Lipinski definition) is 3. The predicted molar refractivity (Wildman–Crippen MR) is 81.3 cm³/mol. The summed E-state index contributed by atoms with van der Waals surface area (Å²) in [5.74, 6) is -0.752. The van der Waals surface area contributed by atoms with E-state index in [-0.39, 0.29) is 24.2 Å². The van der Waals surface area contributed by atoms with Crippen LogP contribution in [-0.2, 0) is 9.59 Å². The maximum absolute atomic E-state index is 12.1. The zero-order valence-electron chi connectivity index (χ0n) is 12.3. The molecule has 0 radical (unpaired) electrons. The Labute approximate surface area is 124 Å². The molecule has 21 heavy (non-hydrogen) atoms. The summed E-state index contributed by atoms with van der Waals surface area (Å²) < 4.78 is 0. The molecule has 1 aromatic rings. The van der Waals surface area contributed by atoms with Crippen molar-refractivity contribution >= 4 is 17.6 Å². The van der Waals surface area contributed by atoms with Gasteiger partial charge in [-0.2, -0.15) is 0 Å². The summed E-state index contributed by atoms with van der Waals surface area (Å²) in [6.45, 7) is 3.61. The van der Waals surface area contributed by atoms with E-state index in [1.165, 1.54) is 0 Å². The third-order valence-corrected chi connectivity index (χ3v) is 3.90. The smallest absolute Gasteiger partial charge is 0.303 e. The number of rotatable bonds is 5. The van der Waals surface area contributed by atoms with Gasteiger partial charge in [0, 0.05) is 12.2 Å². The maximum Gasteiger partial charge on any atom is 0.303 e. The first-order valence-electron chi connectivity index (χ1n) is 7.39. The summed E-state index contributed by atoms with van der Waals surface area (Å²) in [6, 6.07) is 7.42. The molecule has 2 rings (SSSR count). The minimum atomic E-state index is -0.801. The highest BCUT2D eigenvalue weighted by molar-refractivity contribution is 5.92. The second-order valence-corrected chi connectivity index (χ2v) is 5.65. The highest BCUT2D eigenvalue weighted by atomic mass is 16.4. The monoisotopic (exact) mass is 290 g/mol. The van der Waals surface area contributed by atoms with E-state index in [4.69, 9.17) is 5.11 Å². The van der Waals surface area contributed by atoms with E-state index in [1.54, 1.807) is 0 Å². The molecule has 1 saturated heterocycles. The van der Waals surface area contributed by atoms with Crippen LogP contribution in [0.25, 0.3) is 0 Å². The number of hydrogen-bond donors (Lipinski definition) is 3. The van der Waals surface area contributed by atoms with Crippen molar-refractivity contribution < 1.29 is 14.7 Å². The van der Waals surface area contributed by atoms with Crippen molar-refractivity contribution in [1.82, 2.24) is 5.32 Å². The minimum Gasteiger partial charge on any atom is -0.481 e. The van der Waals surface area contributed by atoms with Crippen molar-refractivity contribution in [3.8, 4) is 0 Å². The molecule has 0 aromatic heterocycles. The first-order valence-corrected chi connectivity index (χ1v) is 7.39. The molecular weight excluding hydrogens is 268 g/mol. The third kappa shape index (κ3) is 4.56. The highest BCUT2D eigenvalue weighted by Crippen LogP contribution is 2.21. The van der Waals surface area contributed by atoms with Crippen LogP contribution in [0.1, 0.15) is 37.7 Å². The van der Waals surface area contributed by atoms with Crippen LogP contribution >= 0.6 is 0 Å². The van der Waals surface area contributed by atoms with Crippen molar-refractivity contribution in [2.45, 2.75) is 32.1 Å². The zero-order valence-corrected chi connectivity index (χ0v) is 12.3. The van der Waals surface area contributed by atoms with Crippen LogP contribution in [0.5, 0.6) is 0 Å². The molecule has 0 aliphatic carbocycles. The maximum atomic E-state index is 12.1. The van der Waals surface area contributed by atoms with Crippen LogP contribution in [0, 0.1) is 5.92 Å². The second-order valence-electron chi connectivity index (χ2n) is 5.65. The molecule has 0 saturated carbocycles. The Kier molecular flexibility index (Phi) is 5.33. The summed E-state index contributed by atoms with van der Waals surface area (Å²) in [5.41, 5.74) is 1.73. The fraction of sp³-hybridized carbons (Fsp3) is 0.500. The lowest BCUT2D eigenvalue weighted by Crippen LogP contribution is -2.37. The topological polar surface area (TPSA) is 78.4 Å². The molecular formula is C16H22N2O3. The predicted octanol–water partition coefficient (Wildman–Crippen LogP) is 2.20. The van der Waals surface area contributed by atoms with Crippen molar-refractivity contribution in [3.63, 3.8) is 0 Å². The van der Waals surface area contributed by atoms with Gasteiger partial charge in [0.05, 0.1) is 12.3 Å². The number of aliphatic carboxylic acids is 1. The van der Waals surface area contributed by atoms with Crippen LogP contribution < -0.4 is 10.6 Å². The van der Waals surface area contributed by atoms with Gasteiger partial charge >= 0.3 is 5.97 Å².